The van der Waals surface area contributed by atoms with Gasteiger partial charge in [0.15, 0.2) is 0 Å². The van der Waals surface area contributed by atoms with Gasteiger partial charge in [0, 0.05) is 38.3 Å². The van der Waals surface area contributed by atoms with Crippen molar-refractivity contribution in [3.63, 3.8) is 0 Å². The molecule has 2 aromatic rings. The molecular formula is C17H20N2O3. The smallest absolute Gasteiger partial charge is 0.325 e. The van der Waals surface area contributed by atoms with Crippen LogP contribution >= 0.6 is 0 Å². The molecule has 1 saturated heterocycles. The molecule has 22 heavy (non-hydrogen) atoms. The van der Waals surface area contributed by atoms with E-state index >= 15 is 0 Å². The molecular weight excluding hydrogens is 280 g/mol. The van der Waals surface area contributed by atoms with E-state index in [-0.39, 0.29) is 0 Å². The number of carbonyl (C=O) groups is 1. The maximum atomic E-state index is 11.7. The lowest BCUT2D eigenvalue weighted by molar-refractivity contribution is -0.144. The number of rotatable bonds is 5. The van der Waals surface area contributed by atoms with E-state index in [1.165, 1.54) is 0 Å². The van der Waals surface area contributed by atoms with Crippen molar-refractivity contribution < 1.29 is 14.3 Å². The minimum atomic E-state index is -0.783. The third-order valence-corrected chi connectivity index (χ3v) is 4.11. The second-order valence-corrected chi connectivity index (χ2v) is 5.60. The Morgan fingerprint density at radius 1 is 1.14 bits per heavy atom. The molecule has 0 amide bonds. The van der Waals surface area contributed by atoms with Crippen LogP contribution in [0.1, 0.15) is 17.2 Å². The molecule has 1 N–H and O–H groups in total. The van der Waals surface area contributed by atoms with Gasteiger partial charge in [-0.05, 0) is 11.6 Å². The molecule has 5 heteroatoms. The summed E-state index contributed by atoms with van der Waals surface area (Å²) in [6.45, 7) is 4.09. The van der Waals surface area contributed by atoms with Crippen LogP contribution in [0, 0.1) is 0 Å². The van der Waals surface area contributed by atoms with Crippen LogP contribution in [-0.4, -0.2) is 47.1 Å². The molecule has 1 fully saturated rings. The molecule has 1 unspecified atom stereocenters. The van der Waals surface area contributed by atoms with Crippen LogP contribution in [0.15, 0.2) is 53.3 Å². The van der Waals surface area contributed by atoms with Crippen LogP contribution in [0.25, 0.3) is 0 Å². The number of piperazine rings is 1. The Labute approximate surface area is 129 Å². The Hall–Kier alpha value is -2.11. The Kier molecular flexibility index (Phi) is 4.56. The van der Waals surface area contributed by atoms with Crippen molar-refractivity contribution in [1.29, 1.82) is 0 Å². The highest BCUT2D eigenvalue weighted by molar-refractivity contribution is 5.75. The molecule has 0 spiro atoms. The number of hydrogen-bond donors (Lipinski definition) is 1. The maximum absolute atomic E-state index is 11.7. The number of carboxylic acid groups (broad SMARTS) is 1. The van der Waals surface area contributed by atoms with E-state index in [0.29, 0.717) is 0 Å². The molecule has 2 heterocycles. The molecule has 0 radical (unpaired) electrons. The van der Waals surface area contributed by atoms with E-state index in [1.54, 1.807) is 12.5 Å². The zero-order chi connectivity index (χ0) is 15.4. The fraction of sp³-hybridized carbons (Fsp3) is 0.353. The van der Waals surface area contributed by atoms with E-state index in [9.17, 15) is 9.90 Å². The summed E-state index contributed by atoms with van der Waals surface area (Å²) in [5.41, 5.74) is 2.00. The first-order chi connectivity index (χ1) is 10.7. The Morgan fingerprint density at radius 3 is 2.45 bits per heavy atom. The maximum Gasteiger partial charge on any atom is 0.325 e. The Morgan fingerprint density at radius 2 is 1.86 bits per heavy atom. The first kappa shape index (κ1) is 14.8. The van der Waals surface area contributed by atoms with Gasteiger partial charge in [-0.15, -0.1) is 0 Å². The van der Waals surface area contributed by atoms with Crippen molar-refractivity contribution in [2.45, 2.75) is 12.6 Å². The van der Waals surface area contributed by atoms with Crippen molar-refractivity contribution in [2.75, 3.05) is 26.2 Å². The van der Waals surface area contributed by atoms with Gasteiger partial charge >= 0.3 is 5.97 Å². The highest BCUT2D eigenvalue weighted by Gasteiger charge is 2.30. The summed E-state index contributed by atoms with van der Waals surface area (Å²) in [6, 6.07) is 10.9. The van der Waals surface area contributed by atoms with Gasteiger partial charge in [0.25, 0.3) is 0 Å². The van der Waals surface area contributed by atoms with Crippen LogP contribution < -0.4 is 0 Å². The van der Waals surface area contributed by atoms with E-state index in [4.69, 9.17) is 4.42 Å². The lowest BCUT2D eigenvalue weighted by Crippen LogP contribution is -2.48. The third kappa shape index (κ3) is 3.37. The molecule has 0 aliphatic carbocycles. The monoisotopic (exact) mass is 300 g/mol. The van der Waals surface area contributed by atoms with E-state index < -0.39 is 12.0 Å². The van der Waals surface area contributed by atoms with Crippen molar-refractivity contribution in [3.05, 3.63) is 60.1 Å². The Bertz CT molecular complexity index is 590. The van der Waals surface area contributed by atoms with Crippen LogP contribution in [0.5, 0.6) is 0 Å². The fourth-order valence-corrected chi connectivity index (χ4v) is 2.97. The normalized spacial score (nSPS) is 18.2. The first-order valence-corrected chi connectivity index (χ1v) is 7.49. The van der Waals surface area contributed by atoms with Crippen molar-refractivity contribution >= 4 is 5.97 Å². The van der Waals surface area contributed by atoms with Gasteiger partial charge in [-0.25, -0.2) is 0 Å². The summed E-state index contributed by atoms with van der Waals surface area (Å²) < 4.78 is 5.09. The predicted molar refractivity (Wildman–Crippen MR) is 82.4 cm³/mol. The molecule has 1 aromatic heterocycles. The van der Waals surface area contributed by atoms with Crippen LogP contribution in [0.4, 0.5) is 0 Å². The largest absolute Gasteiger partial charge is 0.480 e. The average Bonchev–Trinajstić information content (AvgIpc) is 3.03. The molecule has 1 atom stereocenters. The lowest BCUT2D eigenvalue weighted by Gasteiger charge is -2.37. The average molecular weight is 300 g/mol. The molecule has 3 rings (SSSR count). The van der Waals surface area contributed by atoms with Gasteiger partial charge in [-0.2, -0.15) is 0 Å². The summed E-state index contributed by atoms with van der Waals surface area (Å²) in [5.74, 6) is -0.783. The lowest BCUT2D eigenvalue weighted by atomic mass is 10.0. The van der Waals surface area contributed by atoms with Gasteiger partial charge in [0.1, 0.15) is 6.04 Å². The molecule has 1 aromatic carbocycles. The molecule has 1 aliphatic heterocycles. The fourth-order valence-electron chi connectivity index (χ4n) is 2.97. The summed E-state index contributed by atoms with van der Waals surface area (Å²) in [6.07, 6.45) is 3.44. The van der Waals surface area contributed by atoms with Crippen LogP contribution in [0.2, 0.25) is 0 Å². The zero-order valence-electron chi connectivity index (χ0n) is 12.4. The highest BCUT2D eigenvalue weighted by Crippen LogP contribution is 2.23. The van der Waals surface area contributed by atoms with Crippen LogP contribution in [0.3, 0.4) is 0 Å². The second-order valence-electron chi connectivity index (χ2n) is 5.60. The topological polar surface area (TPSA) is 56.9 Å². The van der Waals surface area contributed by atoms with Gasteiger partial charge in [0.05, 0.1) is 12.5 Å². The zero-order valence-corrected chi connectivity index (χ0v) is 12.4. The summed E-state index contributed by atoms with van der Waals surface area (Å²) in [4.78, 5) is 16.0. The molecule has 116 valence electrons. The standard InChI is InChI=1S/C17H20N2O3/c20-17(21)16(15-4-2-1-3-5-15)19-9-7-18(8-10-19)12-14-6-11-22-13-14/h1-6,11,13,16H,7-10,12H2,(H,20,21). The van der Waals surface area contributed by atoms with Gasteiger partial charge in [-0.3, -0.25) is 14.6 Å². The third-order valence-electron chi connectivity index (χ3n) is 4.11. The highest BCUT2D eigenvalue weighted by atomic mass is 16.4. The SMILES string of the molecule is O=C(O)C(c1ccccc1)N1CCN(Cc2ccoc2)CC1. The molecule has 0 saturated carbocycles. The van der Waals surface area contributed by atoms with Crippen molar-refractivity contribution in [2.24, 2.45) is 0 Å². The van der Waals surface area contributed by atoms with Gasteiger partial charge < -0.3 is 9.52 Å². The summed E-state index contributed by atoms with van der Waals surface area (Å²) in [7, 11) is 0. The minimum absolute atomic E-state index is 0.558. The summed E-state index contributed by atoms with van der Waals surface area (Å²) in [5, 5.41) is 9.58. The first-order valence-electron chi connectivity index (χ1n) is 7.49. The van der Waals surface area contributed by atoms with Crippen molar-refractivity contribution in [1.82, 2.24) is 9.80 Å². The van der Waals surface area contributed by atoms with E-state index in [0.717, 1.165) is 43.9 Å². The predicted octanol–water partition coefficient (Wildman–Crippen LogP) is 2.22. The number of carboxylic acids is 1. The Balaban J connectivity index is 1.62. The number of furan rings is 1. The molecule has 5 nitrogen and oxygen atoms in total. The number of benzene rings is 1. The quantitative estimate of drug-likeness (QED) is 0.917. The van der Waals surface area contributed by atoms with Crippen LogP contribution in [-0.2, 0) is 11.3 Å². The van der Waals surface area contributed by atoms with E-state index in [2.05, 4.69) is 4.90 Å². The van der Waals surface area contributed by atoms with E-state index in [1.807, 2.05) is 41.3 Å². The minimum Gasteiger partial charge on any atom is -0.480 e. The van der Waals surface area contributed by atoms with Crippen molar-refractivity contribution in [3.8, 4) is 0 Å². The molecule has 0 bridgehead atoms. The van der Waals surface area contributed by atoms with Gasteiger partial charge in [-0.1, -0.05) is 30.3 Å². The molecule has 1 aliphatic rings. The second kappa shape index (κ2) is 6.77. The summed E-state index contributed by atoms with van der Waals surface area (Å²) >= 11 is 0. The number of aliphatic carboxylic acids is 1. The number of nitrogens with zero attached hydrogens (tertiary/aromatic N) is 2. The number of hydrogen-bond acceptors (Lipinski definition) is 4. The van der Waals surface area contributed by atoms with Gasteiger partial charge in [0.2, 0.25) is 0 Å².